The van der Waals surface area contributed by atoms with Gasteiger partial charge in [0.2, 0.25) is 0 Å². The molecule has 7 nitrogen and oxygen atoms in total. The van der Waals surface area contributed by atoms with E-state index in [0.717, 1.165) is 11.8 Å². The minimum absolute atomic E-state index is 0.218. The van der Waals surface area contributed by atoms with Gasteiger partial charge in [0.1, 0.15) is 11.3 Å². The lowest BCUT2D eigenvalue weighted by Gasteiger charge is -2.11. The molecule has 0 atom stereocenters. The first-order valence-corrected chi connectivity index (χ1v) is 8.61. The molecule has 1 fully saturated rings. The largest absolute Gasteiger partial charge is 0.496 e. The molecule has 0 aromatic heterocycles. The minimum atomic E-state index is -0.590. The van der Waals surface area contributed by atoms with E-state index < -0.39 is 17.1 Å². The molecule has 2 aromatic rings. The van der Waals surface area contributed by atoms with Crippen LogP contribution in [0.3, 0.4) is 0 Å². The first kappa shape index (κ1) is 18.5. The van der Waals surface area contributed by atoms with Crippen LogP contribution in [0, 0.1) is 0 Å². The first-order chi connectivity index (χ1) is 13.0. The molecule has 2 amide bonds. The number of nitrogens with one attached hydrogen (secondary N) is 1. The molecule has 0 radical (unpaired) electrons. The Hall–Kier alpha value is -3.26. The average molecular weight is 385 g/mol. The Balaban J connectivity index is 1.85. The summed E-state index contributed by atoms with van der Waals surface area (Å²) in [6.45, 7) is 0. The molecular weight excluding hydrogens is 370 g/mol. The van der Waals surface area contributed by atoms with Crippen LogP contribution in [0.5, 0.6) is 17.2 Å². The number of imide groups is 1. The fraction of sp³-hybridized carbons (Fsp3) is 0.105. The van der Waals surface area contributed by atoms with Gasteiger partial charge in [0.05, 0.1) is 19.1 Å². The van der Waals surface area contributed by atoms with Crippen LogP contribution in [0.2, 0.25) is 0 Å². The fourth-order valence-corrected chi connectivity index (χ4v) is 3.08. The zero-order chi connectivity index (χ0) is 19.4. The van der Waals surface area contributed by atoms with Gasteiger partial charge in [-0.15, -0.1) is 0 Å². The van der Waals surface area contributed by atoms with Gasteiger partial charge >= 0.3 is 5.97 Å². The second-order valence-electron chi connectivity index (χ2n) is 5.35. The molecule has 3 rings (SSSR count). The third-order valence-corrected chi connectivity index (χ3v) is 4.47. The Morgan fingerprint density at radius 2 is 1.74 bits per heavy atom. The quantitative estimate of drug-likeness (QED) is 0.480. The number of hydrogen-bond acceptors (Lipinski definition) is 7. The van der Waals surface area contributed by atoms with Gasteiger partial charge in [-0.05, 0) is 47.7 Å². The number of benzene rings is 2. The number of amides is 2. The van der Waals surface area contributed by atoms with E-state index in [2.05, 4.69) is 5.32 Å². The van der Waals surface area contributed by atoms with Crippen LogP contribution in [0.1, 0.15) is 15.9 Å². The minimum Gasteiger partial charge on any atom is -0.496 e. The number of hydrogen-bond donors (Lipinski definition) is 1. The van der Waals surface area contributed by atoms with Crippen LogP contribution in [-0.2, 0) is 4.79 Å². The molecule has 0 spiro atoms. The summed E-state index contributed by atoms with van der Waals surface area (Å²) in [4.78, 5) is 35.6. The van der Waals surface area contributed by atoms with E-state index in [4.69, 9.17) is 14.2 Å². The van der Waals surface area contributed by atoms with Gasteiger partial charge in [0.15, 0.2) is 11.5 Å². The summed E-state index contributed by atoms with van der Waals surface area (Å²) < 4.78 is 15.9. The highest BCUT2D eigenvalue weighted by atomic mass is 32.2. The average Bonchev–Trinajstić information content (AvgIpc) is 2.99. The smallest absolute Gasteiger partial charge is 0.347 e. The summed E-state index contributed by atoms with van der Waals surface area (Å²) in [6, 6.07) is 11.5. The van der Waals surface area contributed by atoms with E-state index in [0.29, 0.717) is 17.1 Å². The molecule has 138 valence electrons. The van der Waals surface area contributed by atoms with Crippen molar-refractivity contribution in [3.8, 4) is 17.2 Å². The molecule has 1 aliphatic heterocycles. The lowest BCUT2D eigenvalue weighted by Crippen LogP contribution is -2.17. The van der Waals surface area contributed by atoms with E-state index >= 15 is 0 Å². The van der Waals surface area contributed by atoms with Crippen molar-refractivity contribution in [2.24, 2.45) is 0 Å². The Labute approximate surface area is 159 Å². The third-order valence-electron chi connectivity index (χ3n) is 3.66. The van der Waals surface area contributed by atoms with Crippen molar-refractivity contribution in [3.05, 3.63) is 58.5 Å². The van der Waals surface area contributed by atoms with Crippen molar-refractivity contribution in [1.82, 2.24) is 5.32 Å². The number of carbonyl (C=O) groups is 3. The molecule has 0 unspecified atom stereocenters. The summed E-state index contributed by atoms with van der Waals surface area (Å²) in [5, 5.41) is 1.77. The van der Waals surface area contributed by atoms with Crippen LogP contribution in [0.25, 0.3) is 6.08 Å². The van der Waals surface area contributed by atoms with Gasteiger partial charge in [-0.25, -0.2) is 4.79 Å². The zero-order valence-corrected chi connectivity index (χ0v) is 15.3. The molecule has 1 aliphatic rings. The van der Waals surface area contributed by atoms with Gasteiger partial charge in [-0.1, -0.05) is 18.2 Å². The molecule has 8 heteroatoms. The predicted octanol–water partition coefficient (Wildman–Crippen LogP) is 3.25. The molecule has 2 aromatic carbocycles. The van der Waals surface area contributed by atoms with Crippen molar-refractivity contribution in [3.63, 3.8) is 0 Å². The Kier molecular flexibility index (Phi) is 5.46. The molecule has 27 heavy (non-hydrogen) atoms. The fourth-order valence-electron chi connectivity index (χ4n) is 2.40. The van der Waals surface area contributed by atoms with E-state index in [1.807, 2.05) is 0 Å². The SMILES string of the molecule is COc1cc(/C=C2/SC(=O)NC2=O)ccc1OC(=O)c1ccccc1OC. The van der Waals surface area contributed by atoms with Gasteiger partial charge in [-0.3, -0.25) is 14.9 Å². The Morgan fingerprint density at radius 3 is 2.41 bits per heavy atom. The van der Waals surface area contributed by atoms with Gasteiger partial charge in [-0.2, -0.15) is 0 Å². The number of ether oxygens (including phenoxy) is 3. The summed E-state index contributed by atoms with van der Waals surface area (Å²) in [5.41, 5.74) is 0.905. The summed E-state index contributed by atoms with van der Waals surface area (Å²) in [7, 11) is 2.91. The van der Waals surface area contributed by atoms with Gasteiger partial charge in [0.25, 0.3) is 11.1 Å². The third kappa shape index (κ3) is 4.12. The normalized spacial score (nSPS) is 14.8. The molecule has 0 saturated carbocycles. The van der Waals surface area contributed by atoms with Crippen LogP contribution in [0.15, 0.2) is 47.4 Å². The Bertz CT molecular complexity index is 953. The molecule has 1 N–H and O–H groups in total. The van der Waals surface area contributed by atoms with Crippen molar-refractivity contribution in [1.29, 1.82) is 0 Å². The van der Waals surface area contributed by atoms with Crippen LogP contribution in [0.4, 0.5) is 4.79 Å². The van der Waals surface area contributed by atoms with Crippen LogP contribution >= 0.6 is 11.8 Å². The number of esters is 1. The maximum absolute atomic E-state index is 12.4. The highest BCUT2D eigenvalue weighted by Crippen LogP contribution is 2.32. The maximum Gasteiger partial charge on any atom is 0.347 e. The molecule has 0 aliphatic carbocycles. The molecule has 0 bridgehead atoms. The summed E-state index contributed by atoms with van der Waals surface area (Å²) in [6.07, 6.45) is 1.55. The Morgan fingerprint density at radius 1 is 1.00 bits per heavy atom. The van der Waals surface area contributed by atoms with Crippen molar-refractivity contribution in [2.75, 3.05) is 14.2 Å². The topological polar surface area (TPSA) is 90.9 Å². The second kappa shape index (κ2) is 7.96. The molecular formula is C19H15NO6S. The summed E-state index contributed by atoms with van der Waals surface area (Å²) in [5.74, 6) is -0.113. The molecule has 1 heterocycles. The number of carbonyl (C=O) groups excluding carboxylic acids is 3. The monoisotopic (exact) mass is 385 g/mol. The highest BCUT2D eigenvalue weighted by Gasteiger charge is 2.25. The standard InChI is InChI=1S/C19H15NO6S/c1-24-13-6-4-3-5-12(13)18(22)26-14-8-7-11(9-15(14)25-2)10-16-17(21)20-19(23)27-16/h3-10H,1-2H3,(H,20,21,23)/b16-10+. The van der Waals surface area contributed by atoms with Crippen molar-refractivity contribution in [2.45, 2.75) is 0 Å². The second-order valence-corrected chi connectivity index (χ2v) is 6.37. The zero-order valence-electron chi connectivity index (χ0n) is 14.5. The predicted molar refractivity (Wildman–Crippen MR) is 100 cm³/mol. The number of rotatable bonds is 5. The molecule has 1 saturated heterocycles. The first-order valence-electron chi connectivity index (χ1n) is 7.80. The van der Waals surface area contributed by atoms with Gasteiger partial charge in [0, 0.05) is 0 Å². The summed E-state index contributed by atoms with van der Waals surface area (Å²) >= 11 is 0.820. The van der Waals surface area contributed by atoms with E-state index in [9.17, 15) is 14.4 Å². The number of methoxy groups -OCH3 is 2. The van der Waals surface area contributed by atoms with Crippen molar-refractivity contribution >= 4 is 35.0 Å². The number of thioether (sulfide) groups is 1. The van der Waals surface area contributed by atoms with Crippen LogP contribution in [-0.4, -0.2) is 31.3 Å². The van der Waals surface area contributed by atoms with E-state index in [1.54, 1.807) is 48.5 Å². The number of para-hydroxylation sites is 1. The van der Waals surface area contributed by atoms with Crippen molar-refractivity contribution < 1.29 is 28.6 Å². The lowest BCUT2D eigenvalue weighted by atomic mass is 10.1. The van der Waals surface area contributed by atoms with Crippen LogP contribution < -0.4 is 19.5 Å². The maximum atomic E-state index is 12.4. The highest BCUT2D eigenvalue weighted by molar-refractivity contribution is 8.18. The lowest BCUT2D eigenvalue weighted by molar-refractivity contribution is -0.115. The van der Waals surface area contributed by atoms with E-state index in [-0.39, 0.29) is 16.2 Å². The van der Waals surface area contributed by atoms with E-state index in [1.165, 1.54) is 14.2 Å². The van der Waals surface area contributed by atoms with Gasteiger partial charge < -0.3 is 14.2 Å².